The summed E-state index contributed by atoms with van der Waals surface area (Å²) in [4.78, 5) is 80.4. The maximum atomic E-state index is 13.3. The lowest BCUT2D eigenvalue weighted by molar-refractivity contribution is -0.137. The number of imide groups is 1. The Morgan fingerprint density at radius 3 is 2.55 bits per heavy atom. The van der Waals surface area contributed by atoms with Gasteiger partial charge in [-0.3, -0.25) is 39.3 Å². The lowest BCUT2D eigenvalue weighted by atomic mass is 9.69. The van der Waals surface area contributed by atoms with E-state index in [1.54, 1.807) is 22.1 Å². The van der Waals surface area contributed by atoms with Crippen molar-refractivity contribution in [2.24, 2.45) is 5.92 Å². The molecule has 10 rings (SSSR count). The van der Waals surface area contributed by atoms with Gasteiger partial charge < -0.3 is 24.4 Å². The van der Waals surface area contributed by atoms with E-state index in [0.717, 1.165) is 114 Å². The fourth-order valence-electron chi connectivity index (χ4n) is 9.90. The zero-order valence-electron chi connectivity index (χ0n) is 33.3. The number of aromatic nitrogens is 4. The maximum absolute atomic E-state index is 13.3. The van der Waals surface area contributed by atoms with E-state index in [-0.39, 0.29) is 24.1 Å². The molecule has 1 saturated carbocycles. The number of ether oxygens (including phenoxy) is 1. The van der Waals surface area contributed by atoms with Crippen LogP contribution in [0.3, 0.4) is 0 Å². The second-order valence-electron chi connectivity index (χ2n) is 16.8. The summed E-state index contributed by atoms with van der Waals surface area (Å²) < 4.78 is 7.96. The van der Waals surface area contributed by atoms with Crippen LogP contribution in [-0.2, 0) is 38.8 Å². The highest BCUT2D eigenvalue weighted by atomic mass is 16.5. The molecule has 3 aromatic heterocycles. The summed E-state index contributed by atoms with van der Waals surface area (Å²) in [7, 11) is 0. The van der Waals surface area contributed by atoms with Crippen LogP contribution in [0.4, 0.5) is 0 Å². The highest BCUT2D eigenvalue weighted by Crippen LogP contribution is 2.46. The Morgan fingerprint density at radius 1 is 0.917 bits per heavy atom. The standard InChI is InChI=1S/C46H46N8O6/c55-26-52-15-16-53-40(25-52)42(51-43(53)28-12-17-60-18-13-28)33-5-1-3-29-21-38(49-23-35(29)33)30-7-8-37(48-22-30)44(57)47-14-11-27-19-31(20-27)32-4-2-6-34-36(32)24-54(46(34)59)39-9-10-41(56)50-45(39)58/h1-8,21-23,26-28,31,39H,9-20,24-25H2,(H,47,57)(H,50,56,58). The van der Waals surface area contributed by atoms with Crippen LogP contribution in [0.15, 0.2) is 67.0 Å². The van der Waals surface area contributed by atoms with Crippen LogP contribution in [0.1, 0.15) is 100 Å². The first-order valence-electron chi connectivity index (χ1n) is 21.1. The number of rotatable bonds is 10. The average Bonchev–Trinajstić information content (AvgIpc) is 3.81. The highest BCUT2D eigenvalue weighted by molar-refractivity contribution is 6.05. The van der Waals surface area contributed by atoms with E-state index in [1.807, 2.05) is 36.5 Å². The number of fused-ring (bicyclic) bond motifs is 3. The van der Waals surface area contributed by atoms with Crippen LogP contribution in [0.25, 0.3) is 33.3 Å². The number of hydrogen-bond acceptors (Lipinski definition) is 9. The summed E-state index contributed by atoms with van der Waals surface area (Å²) in [5.41, 5.74) is 7.62. The van der Waals surface area contributed by atoms with Crippen LogP contribution in [0.5, 0.6) is 0 Å². The predicted octanol–water partition coefficient (Wildman–Crippen LogP) is 5.10. The van der Waals surface area contributed by atoms with E-state index < -0.39 is 11.9 Å². The molecule has 1 unspecified atom stereocenters. The number of carbonyl (C=O) groups is 5. The smallest absolute Gasteiger partial charge is 0.269 e. The monoisotopic (exact) mass is 806 g/mol. The molecule has 1 aliphatic carbocycles. The number of pyridine rings is 2. The SMILES string of the molecule is O=CN1CCn2c(C3CCOCC3)nc(-c3cccc4cc(-c5ccc(C(=O)NCCC6CC(c7cccc8c7CN(C7CCC(=O)NC7=O)C8=O)C6)nc5)ncc34)c2C1. The molecule has 14 nitrogen and oxygen atoms in total. The first-order valence-corrected chi connectivity index (χ1v) is 21.1. The Labute approximate surface area is 346 Å². The van der Waals surface area contributed by atoms with Gasteiger partial charge in [0.05, 0.1) is 23.6 Å². The van der Waals surface area contributed by atoms with Crippen molar-refractivity contribution in [3.05, 3.63) is 101 Å². The molecule has 0 bridgehead atoms. The second-order valence-corrected chi connectivity index (χ2v) is 16.8. The van der Waals surface area contributed by atoms with Gasteiger partial charge in [-0.1, -0.05) is 30.3 Å². The Balaban J connectivity index is 0.764. The summed E-state index contributed by atoms with van der Waals surface area (Å²) in [6.45, 7) is 4.28. The molecule has 7 heterocycles. The number of amides is 5. The Bertz CT molecular complexity index is 2540. The van der Waals surface area contributed by atoms with Gasteiger partial charge in [0.1, 0.15) is 17.6 Å². The average molecular weight is 807 g/mol. The first-order chi connectivity index (χ1) is 29.3. The predicted molar refractivity (Wildman–Crippen MR) is 220 cm³/mol. The fraction of sp³-hybridized carbons (Fsp3) is 0.391. The first kappa shape index (κ1) is 38.0. The molecule has 5 aliphatic rings. The molecule has 2 saturated heterocycles. The normalized spacial score (nSPS) is 21.7. The largest absolute Gasteiger partial charge is 0.381 e. The molecule has 306 valence electrons. The molecule has 60 heavy (non-hydrogen) atoms. The maximum Gasteiger partial charge on any atom is 0.269 e. The van der Waals surface area contributed by atoms with E-state index in [0.29, 0.717) is 61.6 Å². The molecule has 0 spiro atoms. The summed E-state index contributed by atoms with van der Waals surface area (Å²) in [6.07, 6.45) is 9.71. The number of imidazole rings is 1. The number of nitrogens with one attached hydrogen (secondary N) is 2. The number of benzene rings is 2. The van der Waals surface area contributed by atoms with Crippen LogP contribution in [0.2, 0.25) is 0 Å². The van der Waals surface area contributed by atoms with Crippen molar-refractivity contribution in [3.63, 3.8) is 0 Å². The van der Waals surface area contributed by atoms with Crippen molar-refractivity contribution < 1.29 is 28.7 Å². The third-order valence-electron chi connectivity index (χ3n) is 13.2. The third-order valence-corrected chi connectivity index (χ3v) is 13.2. The molecule has 2 N–H and O–H groups in total. The van der Waals surface area contributed by atoms with E-state index in [1.165, 1.54) is 0 Å². The summed E-state index contributed by atoms with van der Waals surface area (Å²) in [5.74, 6) is 1.10. The summed E-state index contributed by atoms with van der Waals surface area (Å²) in [5, 5.41) is 7.40. The Morgan fingerprint density at radius 2 is 1.75 bits per heavy atom. The van der Waals surface area contributed by atoms with Crippen molar-refractivity contribution in [1.29, 1.82) is 0 Å². The van der Waals surface area contributed by atoms with E-state index >= 15 is 0 Å². The van der Waals surface area contributed by atoms with Crippen molar-refractivity contribution in [1.82, 2.24) is 40.0 Å². The van der Waals surface area contributed by atoms with Gasteiger partial charge in [-0.05, 0) is 91.1 Å². The zero-order valence-corrected chi connectivity index (χ0v) is 33.3. The molecule has 3 fully saturated rings. The van der Waals surface area contributed by atoms with Gasteiger partial charge in [0.15, 0.2) is 0 Å². The molecule has 14 heteroatoms. The highest BCUT2D eigenvalue weighted by Gasteiger charge is 2.42. The molecular weight excluding hydrogens is 761 g/mol. The van der Waals surface area contributed by atoms with Gasteiger partial charge in [0.2, 0.25) is 18.2 Å². The Hall–Kier alpha value is -6.28. The van der Waals surface area contributed by atoms with E-state index in [9.17, 15) is 24.0 Å². The fourth-order valence-corrected chi connectivity index (χ4v) is 9.90. The number of carbonyl (C=O) groups excluding carboxylic acids is 5. The summed E-state index contributed by atoms with van der Waals surface area (Å²) in [6, 6.07) is 17.0. The summed E-state index contributed by atoms with van der Waals surface area (Å²) >= 11 is 0. The van der Waals surface area contributed by atoms with Crippen molar-refractivity contribution in [2.75, 3.05) is 26.3 Å². The van der Waals surface area contributed by atoms with Crippen LogP contribution in [-0.4, -0.2) is 91.7 Å². The van der Waals surface area contributed by atoms with Crippen LogP contribution >= 0.6 is 0 Å². The van der Waals surface area contributed by atoms with Gasteiger partial charge in [0.25, 0.3) is 11.8 Å². The van der Waals surface area contributed by atoms with Crippen molar-refractivity contribution in [3.8, 4) is 22.5 Å². The second kappa shape index (κ2) is 15.7. The van der Waals surface area contributed by atoms with E-state index in [4.69, 9.17) is 14.7 Å². The lowest BCUT2D eigenvalue weighted by Gasteiger charge is -2.37. The number of hydrogen-bond donors (Lipinski definition) is 2. The zero-order chi connectivity index (χ0) is 40.9. The van der Waals surface area contributed by atoms with Gasteiger partial charge >= 0.3 is 0 Å². The van der Waals surface area contributed by atoms with Gasteiger partial charge in [-0.25, -0.2) is 4.98 Å². The number of nitrogens with zero attached hydrogens (tertiary/aromatic N) is 6. The third kappa shape index (κ3) is 6.91. The van der Waals surface area contributed by atoms with Crippen LogP contribution in [0, 0.1) is 5.92 Å². The van der Waals surface area contributed by atoms with Crippen LogP contribution < -0.4 is 10.6 Å². The molecule has 5 aromatic rings. The minimum absolute atomic E-state index is 0.150. The molecule has 4 aliphatic heterocycles. The molecular formula is C46H46N8O6. The Kier molecular flexibility index (Phi) is 9.94. The van der Waals surface area contributed by atoms with Gasteiger partial charge in [-0.2, -0.15) is 0 Å². The van der Waals surface area contributed by atoms with Gasteiger partial charge in [-0.15, -0.1) is 0 Å². The van der Waals surface area contributed by atoms with Crippen molar-refractivity contribution >= 4 is 40.8 Å². The quantitative estimate of drug-likeness (QED) is 0.144. The molecule has 2 aromatic carbocycles. The molecule has 5 amide bonds. The number of piperidine rings is 1. The topological polar surface area (TPSA) is 169 Å². The van der Waals surface area contributed by atoms with Crippen molar-refractivity contribution in [2.45, 2.75) is 82.5 Å². The molecule has 1 atom stereocenters. The minimum atomic E-state index is -0.627. The van der Waals surface area contributed by atoms with E-state index in [2.05, 4.69) is 38.4 Å². The van der Waals surface area contributed by atoms with Gasteiger partial charge in [0, 0.05) is 86.2 Å². The lowest BCUT2D eigenvalue weighted by Crippen LogP contribution is -2.52. The minimum Gasteiger partial charge on any atom is -0.381 e. The molecule has 0 radical (unpaired) electrons.